The summed E-state index contributed by atoms with van der Waals surface area (Å²) in [7, 11) is 1.99. The largest absolute Gasteiger partial charge is 0.416 e. The van der Waals surface area contributed by atoms with Crippen molar-refractivity contribution in [2.75, 3.05) is 31.2 Å². The summed E-state index contributed by atoms with van der Waals surface area (Å²) < 4.78 is 82.4. The van der Waals surface area contributed by atoms with E-state index in [1.807, 2.05) is 60.2 Å². The van der Waals surface area contributed by atoms with Gasteiger partial charge in [0.15, 0.2) is 5.16 Å². The van der Waals surface area contributed by atoms with Gasteiger partial charge >= 0.3 is 12.4 Å². The van der Waals surface area contributed by atoms with Crippen LogP contribution in [0.25, 0.3) is 22.2 Å². The maximum Gasteiger partial charge on any atom is 0.416 e. The van der Waals surface area contributed by atoms with Crippen molar-refractivity contribution < 1.29 is 35.9 Å². The number of carbonyl (C=O) groups excluding carboxylic acids is 2. The van der Waals surface area contributed by atoms with E-state index in [2.05, 4.69) is 33.9 Å². The van der Waals surface area contributed by atoms with Gasteiger partial charge in [0, 0.05) is 49.3 Å². The first kappa shape index (κ1) is 41.7. The van der Waals surface area contributed by atoms with Crippen molar-refractivity contribution in [1.82, 2.24) is 19.8 Å². The van der Waals surface area contributed by atoms with Crippen molar-refractivity contribution in [3.8, 4) is 11.1 Å². The molecular formula is C47H41F6N5O2S. The lowest BCUT2D eigenvalue weighted by Gasteiger charge is -2.31. The van der Waals surface area contributed by atoms with Crippen molar-refractivity contribution in [1.29, 1.82) is 0 Å². The number of aromatic nitrogens is 2. The van der Waals surface area contributed by atoms with Crippen LogP contribution in [0.2, 0.25) is 0 Å². The number of imidazole rings is 1. The van der Waals surface area contributed by atoms with Crippen LogP contribution in [0.3, 0.4) is 0 Å². The van der Waals surface area contributed by atoms with Crippen LogP contribution in [0.4, 0.5) is 32.0 Å². The molecule has 1 atom stereocenters. The number of likely N-dealkylation sites (N-methyl/N-ethyl adjacent to an activating group) is 1. The number of alkyl halides is 6. The van der Waals surface area contributed by atoms with E-state index in [0.29, 0.717) is 63.8 Å². The fourth-order valence-electron chi connectivity index (χ4n) is 8.57. The van der Waals surface area contributed by atoms with Crippen LogP contribution in [-0.4, -0.2) is 58.3 Å². The molecule has 314 valence electrons. The van der Waals surface area contributed by atoms with Gasteiger partial charge in [-0.25, -0.2) is 4.98 Å². The van der Waals surface area contributed by atoms with E-state index in [-0.39, 0.29) is 6.42 Å². The standard InChI is InChI=1S/C47H41F6N5O2S/c1-57-24-8-10-30(27-57)28-61-44-56-40-26-33(55-42(59)37-14-3-2-11-34(37)31-17-19-32(20-18-31)47(51,52)53)21-22-41(40)58(44)25-9-23-45(43(60)54-29-46(48,49)50)38-15-6-4-12-35(38)36-13-5-7-16-39(36)45/h2-8,10,12-22,26-27,34H,9,11,23-25,28-29H2,1H3,(H,54,60)(H,55,59). The summed E-state index contributed by atoms with van der Waals surface area (Å²) in [6, 6.07) is 25.0. The van der Waals surface area contributed by atoms with Crippen LogP contribution in [0.5, 0.6) is 0 Å². The minimum atomic E-state index is -4.59. The Morgan fingerprint density at radius 1 is 0.902 bits per heavy atom. The number of thioether (sulfide) groups is 1. The summed E-state index contributed by atoms with van der Waals surface area (Å²) in [5.74, 6) is -0.949. The first-order chi connectivity index (χ1) is 29.2. The van der Waals surface area contributed by atoms with Gasteiger partial charge in [-0.3, -0.25) is 9.59 Å². The van der Waals surface area contributed by atoms with Gasteiger partial charge in [0.05, 0.1) is 16.6 Å². The molecule has 0 radical (unpaired) electrons. The Balaban J connectivity index is 1.08. The number of nitrogens with zero attached hydrogens (tertiary/aromatic N) is 3. The zero-order valence-electron chi connectivity index (χ0n) is 33.0. The molecule has 1 aliphatic heterocycles. The highest BCUT2D eigenvalue weighted by Crippen LogP contribution is 2.51. The van der Waals surface area contributed by atoms with E-state index >= 15 is 0 Å². The van der Waals surface area contributed by atoms with E-state index in [1.54, 1.807) is 36.4 Å². The predicted molar refractivity (Wildman–Crippen MR) is 226 cm³/mol. The highest BCUT2D eigenvalue weighted by atomic mass is 32.2. The summed E-state index contributed by atoms with van der Waals surface area (Å²) in [5, 5.41) is 5.87. The quantitative estimate of drug-likeness (QED) is 0.0966. The molecule has 14 heteroatoms. The summed E-state index contributed by atoms with van der Waals surface area (Å²) in [5.41, 5.74) is 4.71. The smallest absolute Gasteiger partial charge is 0.376 e. The van der Waals surface area contributed by atoms with Crippen LogP contribution >= 0.6 is 11.8 Å². The molecular weight excluding hydrogens is 813 g/mol. The van der Waals surface area contributed by atoms with Gasteiger partial charge < -0.3 is 20.1 Å². The number of benzene rings is 4. The lowest BCUT2D eigenvalue weighted by molar-refractivity contribution is -0.141. The van der Waals surface area contributed by atoms with Gasteiger partial charge in [-0.2, -0.15) is 26.3 Å². The Labute approximate surface area is 352 Å². The first-order valence-electron chi connectivity index (χ1n) is 19.8. The number of carbonyl (C=O) groups is 2. The van der Waals surface area contributed by atoms with Gasteiger partial charge in [0.25, 0.3) is 5.91 Å². The van der Waals surface area contributed by atoms with E-state index in [0.717, 1.165) is 40.9 Å². The SMILES string of the molecule is CN1C=C(CSc2nc3cc(NC(=O)C4=CC=CCC4c4ccc(C(F)(F)F)cc4)ccc3n2CCCC2(C(=O)NCC(F)(F)F)c3ccccc3-c3ccccc32)C=CC1. The second kappa shape index (κ2) is 16.8. The Morgan fingerprint density at radius 2 is 1.61 bits per heavy atom. The second-order valence-corrected chi connectivity index (χ2v) is 16.3. The molecule has 3 aliphatic rings. The van der Waals surface area contributed by atoms with Crippen LogP contribution in [0.1, 0.15) is 47.4 Å². The number of hydrogen-bond acceptors (Lipinski definition) is 5. The molecule has 5 aromatic rings. The van der Waals surface area contributed by atoms with E-state index in [9.17, 15) is 35.9 Å². The van der Waals surface area contributed by atoms with Gasteiger partial charge in [0.1, 0.15) is 12.0 Å². The zero-order chi connectivity index (χ0) is 42.9. The monoisotopic (exact) mass is 853 g/mol. The zero-order valence-corrected chi connectivity index (χ0v) is 33.8. The molecule has 61 heavy (non-hydrogen) atoms. The van der Waals surface area contributed by atoms with Crippen LogP contribution in [-0.2, 0) is 27.7 Å². The Morgan fingerprint density at radius 3 is 2.28 bits per heavy atom. The molecule has 2 heterocycles. The maximum atomic E-state index is 14.2. The molecule has 1 aromatic heterocycles. The lowest BCUT2D eigenvalue weighted by Crippen LogP contribution is -2.47. The van der Waals surface area contributed by atoms with Crippen molar-refractivity contribution in [2.45, 2.75) is 54.6 Å². The molecule has 0 saturated carbocycles. The number of nitrogens with one attached hydrogen (secondary N) is 2. The number of halogens is 6. The average molecular weight is 854 g/mol. The first-order valence-corrected chi connectivity index (χ1v) is 20.8. The molecule has 0 saturated heterocycles. The molecule has 2 amide bonds. The minimum absolute atomic E-state index is 0.213. The molecule has 8 rings (SSSR count). The fourth-order valence-corrected chi connectivity index (χ4v) is 9.54. The highest BCUT2D eigenvalue weighted by molar-refractivity contribution is 7.99. The summed E-state index contributed by atoms with van der Waals surface area (Å²) >= 11 is 1.53. The maximum absolute atomic E-state index is 14.2. The molecule has 0 fully saturated rings. The summed E-state index contributed by atoms with van der Waals surface area (Å²) in [4.78, 5) is 35.0. The van der Waals surface area contributed by atoms with Crippen molar-refractivity contribution >= 4 is 40.3 Å². The van der Waals surface area contributed by atoms with Gasteiger partial charge in [-0.1, -0.05) is 103 Å². The highest BCUT2D eigenvalue weighted by Gasteiger charge is 2.49. The normalized spacial score (nSPS) is 16.8. The van der Waals surface area contributed by atoms with E-state index in [1.165, 1.54) is 23.9 Å². The van der Waals surface area contributed by atoms with Crippen molar-refractivity contribution in [3.05, 3.63) is 161 Å². The van der Waals surface area contributed by atoms with Crippen LogP contribution < -0.4 is 10.6 Å². The second-order valence-electron chi connectivity index (χ2n) is 15.4. The summed E-state index contributed by atoms with van der Waals surface area (Å²) in [6.07, 6.45) is 3.50. The number of anilines is 1. The van der Waals surface area contributed by atoms with Gasteiger partial charge in [-0.15, -0.1) is 0 Å². The van der Waals surface area contributed by atoms with E-state index < -0.39 is 47.6 Å². The lowest BCUT2D eigenvalue weighted by atomic mass is 9.73. The number of rotatable bonds is 12. The third-order valence-electron chi connectivity index (χ3n) is 11.3. The predicted octanol–water partition coefficient (Wildman–Crippen LogP) is 10.6. The number of amides is 2. The van der Waals surface area contributed by atoms with Gasteiger partial charge in [-0.05, 0) is 83.0 Å². The van der Waals surface area contributed by atoms with Crippen molar-refractivity contribution in [2.24, 2.45) is 0 Å². The minimum Gasteiger partial charge on any atom is -0.376 e. The number of allylic oxidation sites excluding steroid dienone is 4. The molecule has 0 bridgehead atoms. The molecule has 2 N–H and O–H groups in total. The number of hydrogen-bond donors (Lipinski definition) is 2. The fraction of sp³-hybridized carbons (Fsp3) is 0.255. The van der Waals surface area contributed by atoms with Crippen LogP contribution in [0, 0.1) is 0 Å². The molecule has 1 unspecified atom stereocenters. The Kier molecular flexibility index (Phi) is 11.5. The summed E-state index contributed by atoms with van der Waals surface area (Å²) in [6.45, 7) is -0.275. The Bertz CT molecular complexity index is 2560. The Hall–Kier alpha value is -6.02. The number of aryl methyl sites for hydroxylation is 1. The third kappa shape index (κ3) is 8.63. The number of fused-ring (bicyclic) bond motifs is 4. The third-order valence-corrected chi connectivity index (χ3v) is 12.4. The molecule has 2 aliphatic carbocycles. The average Bonchev–Trinajstić information content (AvgIpc) is 3.74. The van der Waals surface area contributed by atoms with Gasteiger partial charge in [0.2, 0.25) is 5.91 Å². The topological polar surface area (TPSA) is 79.3 Å². The molecule has 0 spiro atoms. The van der Waals surface area contributed by atoms with Crippen LogP contribution in [0.15, 0.2) is 144 Å². The van der Waals surface area contributed by atoms with Crippen molar-refractivity contribution in [3.63, 3.8) is 0 Å². The molecule has 7 nitrogen and oxygen atoms in total. The molecule has 4 aromatic carbocycles. The van der Waals surface area contributed by atoms with E-state index in [4.69, 9.17) is 4.98 Å².